The molecule has 0 spiro atoms. The van der Waals surface area contributed by atoms with Crippen LogP contribution in [0.15, 0.2) is 18.2 Å². The van der Waals surface area contributed by atoms with Crippen LogP contribution in [-0.2, 0) is 9.53 Å². The Balaban J connectivity index is 3.10. The first-order chi connectivity index (χ1) is 9.86. The number of esters is 1. The van der Waals surface area contributed by atoms with Gasteiger partial charge >= 0.3 is 11.7 Å². The molecule has 7 nitrogen and oxygen atoms in total. The average Bonchev–Trinajstić information content (AvgIpc) is 2.37. The quantitative estimate of drug-likeness (QED) is 0.436. The van der Waals surface area contributed by atoms with Crippen LogP contribution in [0, 0.1) is 10.1 Å². The summed E-state index contributed by atoms with van der Waals surface area (Å²) in [7, 11) is 1.60. The third-order valence-electron chi connectivity index (χ3n) is 2.61. The summed E-state index contributed by atoms with van der Waals surface area (Å²) >= 11 is 0. The Morgan fingerprint density at radius 2 is 2.10 bits per heavy atom. The maximum Gasteiger partial charge on any atom is 0.333 e. The lowest BCUT2D eigenvalue weighted by Crippen LogP contribution is -2.27. The topological polar surface area (TPSA) is 81.9 Å². The van der Waals surface area contributed by atoms with Crippen LogP contribution in [0.4, 0.5) is 11.4 Å². The molecule has 0 heterocycles. The molecular weight excluding hydrogens is 276 g/mol. The molecule has 0 aromatic heterocycles. The zero-order valence-corrected chi connectivity index (χ0v) is 12.7. The summed E-state index contributed by atoms with van der Waals surface area (Å²) in [5, 5.41) is 11.3. The summed E-state index contributed by atoms with van der Waals surface area (Å²) in [5.74, 6) is -0.257. The van der Waals surface area contributed by atoms with Gasteiger partial charge in [0, 0.05) is 7.05 Å². The molecule has 1 aromatic rings. The molecule has 0 N–H and O–H groups in total. The van der Waals surface area contributed by atoms with Crippen LogP contribution < -0.4 is 9.64 Å². The van der Waals surface area contributed by atoms with Crippen molar-refractivity contribution in [1.29, 1.82) is 0 Å². The normalized spacial score (nSPS) is 10.3. The fraction of sp³-hybridized carbons (Fsp3) is 0.500. The third-order valence-corrected chi connectivity index (χ3v) is 2.61. The second-order valence-corrected chi connectivity index (χ2v) is 4.71. The van der Waals surface area contributed by atoms with Gasteiger partial charge in [-0.3, -0.25) is 14.9 Å². The van der Waals surface area contributed by atoms with Crippen LogP contribution in [0.5, 0.6) is 5.75 Å². The Morgan fingerprint density at radius 1 is 1.43 bits per heavy atom. The number of hydrogen-bond acceptors (Lipinski definition) is 6. The fourth-order valence-corrected chi connectivity index (χ4v) is 1.84. The van der Waals surface area contributed by atoms with Crippen molar-refractivity contribution in [2.45, 2.75) is 26.9 Å². The van der Waals surface area contributed by atoms with Gasteiger partial charge in [0.1, 0.15) is 12.2 Å². The summed E-state index contributed by atoms with van der Waals surface area (Å²) < 4.78 is 10.3. The predicted molar refractivity (Wildman–Crippen MR) is 78.8 cm³/mol. The summed E-state index contributed by atoms with van der Waals surface area (Å²) in [4.78, 5) is 23.8. The zero-order valence-electron chi connectivity index (χ0n) is 12.7. The maximum atomic E-state index is 11.5. The molecule has 1 aromatic carbocycles. The smallest absolute Gasteiger partial charge is 0.333 e. The summed E-state index contributed by atoms with van der Waals surface area (Å²) in [6.07, 6.45) is -0.186. The number of carbonyl (C=O) groups excluding carboxylic acids is 1. The standard InChI is InChI=1S/C14H20N2O5/c1-5-20-13(17)9-15(4)11-7-6-8-12(21-10(2)3)14(11)16(18)19/h6-8,10H,5,9H2,1-4H3. The molecule has 116 valence electrons. The van der Waals surface area contributed by atoms with Crippen LogP contribution in [0.1, 0.15) is 20.8 Å². The van der Waals surface area contributed by atoms with E-state index in [0.717, 1.165) is 0 Å². The Morgan fingerprint density at radius 3 is 2.62 bits per heavy atom. The molecule has 21 heavy (non-hydrogen) atoms. The van der Waals surface area contributed by atoms with Gasteiger partial charge in [0.2, 0.25) is 0 Å². The average molecular weight is 296 g/mol. The van der Waals surface area contributed by atoms with E-state index in [-0.39, 0.29) is 30.7 Å². The third kappa shape index (κ3) is 4.62. The van der Waals surface area contributed by atoms with E-state index in [2.05, 4.69) is 0 Å². The van der Waals surface area contributed by atoms with Gasteiger partial charge in [0.25, 0.3) is 0 Å². The molecule has 0 bridgehead atoms. The number of hydrogen-bond donors (Lipinski definition) is 0. The highest BCUT2D eigenvalue weighted by molar-refractivity contribution is 5.79. The van der Waals surface area contributed by atoms with E-state index in [4.69, 9.17) is 9.47 Å². The highest BCUT2D eigenvalue weighted by Gasteiger charge is 2.25. The van der Waals surface area contributed by atoms with E-state index in [0.29, 0.717) is 5.69 Å². The maximum absolute atomic E-state index is 11.5. The summed E-state index contributed by atoms with van der Waals surface area (Å²) in [5.41, 5.74) is 0.157. The molecule has 0 radical (unpaired) electrons. The molecule has 0 saturated heterocycles. The van der Waals surface area contributed by atoms with E-state index in [1.165, 1.54) is 4.90 Å². The number of ether oxygens (including phenoxy) is 2. The number of anilines is 1. The number of carbonyl (C=O) groups is 1. The van der Waals surface area contributed by atoms with E-state index < -0.39 is 10.9 Å². The molecule has 0 saturated carbocycles. The van der Waals surface area contributed by atoms with Gasteiger partial charge in [-0.25, -0.2) is 0 Å². The first kappa shape index (κ1) is 16.7. The van der Waals surface area contributed by atoms with E-state index in [9.17, 15) is 14.9 Å². The van der Waals surface area contributed by atoms with Crippen LogP contribution in [0.2, 0.25) is 0 Å². The molecule has 7 heteroatoms. The van der Waals surface area contributed by atoms with Gasteiger partial charge in [-0.2, -0.15) is 0 Å². The van der Waals surface area contributed by atoms with Crippen LogP contribution in [0.25, 0.3) is 0 Å². The Labute approximate surface area is 123 Å². The number of benzene rings is 1. The van der Waals surface area contributed by atoms with Gasteiger partial charge in [-0.1, -0.05) is 6.07 Å². The number of nitro benzene ring substituents is 1. The SMILES string of the molecule is CCOC(=O)CN(C)c1cccc(OC(C)C)c1[N+](=O)[O-]. The first-order valence-corrected chi connectivity index (χ1v) is 6.67. The van der Waals surface area contributed by atoms with Gasteiger partial charge in [-0.15, -0.1) is 0 Å². The van der Waals surface area contributed by atoms with Crippen molar-refractivity contribution in [1.82, 2.24) is 0 Å². The Hall–Kier alpha value is -2.31. The second-order valence-electron chi connectivity index (χ2n) is 4.71. The fourth-order valence-electron chi connectivity index (χ4n) is 1.84. The number of rotatable bonds is 7. The highest BCUT2D eigenvalue weighted by Crippen LogP contribution is 2.37. The molecule has 0 aliphatic rings. The first-order valence-electron chi connectivity index (χ1n) is 6.67. The largest absolute Gasteiger partial charge is 0.484 e. The predicted octanol–water partition coefficient (Wildman–Crippen LogP) is 2.38. The van der Waals surface area contributed by atoms with E-state index in [1.54, 1.807) is 46.0 Å². The van der Waals surface area contributed by atoms with Crippen molar-refractivity contribution in [2.75, 3.05) is 25.1 Å². The number of nitrogens with zero attached hydrogens (tertiary/aromatic N) is 2. The van der Waals surface area contributed by atoms with Crippen molar-refractivity contribution >= 4 is 17.3 Å². The summed E-state index contributed by atoms with van der Waals surface area (Å²) in [6, 6.07) is 4.77. The van der Waals surface area contributed by atoms with Crippen LogP contribution in [0.3, 0.4) is 0 Å². The van der Waals surface area contributed by atoms with Crippen molar-refractivity contribution in [3.63, 3.8) is 0 Å². The second kappa shape index (κ2) is 7.47. The highest BCUT2D eigenvalue weighted by atomic mass is 16.6. The lowest BCUT2D eigenvalue weighted by atomic mass is 10.2. The van der Waals surface area contributed by atoms with Gasteiger partial charge in [-0.05, 0) is 32.9 Å². The molecular formula is C14H20N2O5. The monoisotopic (exact) mass is 296 g/mol. The lowest BCUT2D eigenvalue weighted by molar-refractivity contribution is -0.385. The Kier molecular flexibility index (Phi) is 5.95. The van der Waals surface area contributed by atoms with Crippen LogP contribution >= 0.6 is 0 Å². The minimum atomic E-state index is -0.505. The van der Waals surface area contributed by atoms with Crippen LogP contribution in [-0.4, -0.2) is 37.2 Å². The lowest BCUT2D eigenvalue weighted by Gasteiger charge is -2.19. The number of nitro groups is 1. The minimum Gasteiger partial charge on any atom is -0.484 e. The molecule has 0 amide bonds. The van der Waals surface area contributed by atoms with Crippen molar-refractivity contribution < 1.29 is 19.2 Å². The van der Waals surface area contributed by atoms with Crippen molar-refractivity contribution in [3.8, 4) is 5.75 Å². The molecule has 1 rings (SSSR count). The molecule has 0 unspecified atom stereocenters. The molecule has 0 fully saturated rings. The zero-order chi connectivity index (χ0) is 16.0. The molecule has 0 atom stereocenters. The number of para-hydroxylation sites is 1. The van der Waals surface area contributed by atoms with Gasteiger partial charge < -0.3 is 14.4 Å². The van der Waals surface area contributed by atoms with E-state index >= 15 is 0 Å². The Bertz CT molecular complexity index is 516. The number of likely N-dealkylation sites (N-methyl/N-ethyl adjacent to an activating group) is 1. The van der Waals surface area contributed by atoms with Gasteiger partial charge in [0.15, 0.2) is 5.75 Å². The molecule has 0 aliphatic heterocycles. The van der Waals surface area contributed by atoms with Gasteiger partial charge in [0.05, 0.1) is 17.6 Å². The molecule has 0 aliphatic carbocycles. The minimum absolute atomic E-state index is 0.0696. The van der Waals surface area contributed by atoms with E-state index in [1.807, 2.05) is 0 Å². The van der Waals surface area contributed by atoms with Crippen molar-refractivity contribution in [2.24, 2.45) is 0 Å². The van der Waals surface area contributed by atoms with Crippen molar-refractivity contribution in [3.05, 3.63) is 28.3 Å². The summed E-state index contributed by atoms with van der Waals surface area (Å²) in [6.45, 7) is 5.49.